The van der Waals surface area contributed by atoms with Gasteiger partial charge in [-0.05, 0) is 25.1 Å². The number of nitrogens with one attached hydrogen (secondary N) is 1. The lowest BCUT2D eigenvalue weighted by atomic mass is 10.2. The summed E-state index contributed by atoms with van der Waals surface area (Å²) >= 11 is 7.05. The fourth-order valence-electron chi connectivity index (χ4n) is 1.71. The maximum Gasteiger partial charge on any atom is 0.416 e. The van der Waals surface area contributed by atoms with Gasteiger partial charge in [-0.25, -0.2) is 4.98 Å². The number of imidazole rings is 1. The molecule has 1 amide bonds. The average molecular weight is 364 g/mol. The number of alkyl halides is 3. The first kappa shape index (κ1) is 17.7. The van der Waals surface area contributed by atoms with Crippen LogP contribution in [0, 0.1) is 0 Å². The van der Waals surface area contributed by atoms with Crippen molar-refractivity contribution in [1.82, 2.24) is 9.55 Å². The third-order valence-corrected chi connectivity index (χ3v) is 4.48. The third kappa shape index (κ3) is 4.42. The predicted octanol–water partition coefficient (Wildman–Crippen LogP) is 4.21. The number of hydrogen-bond donors (Lipinski definition) is 1. The van der Waals surface area contributed by atoms with Crippen molar-refractivity contribution < 1.29 is 18.0 Å². The number of halogens is 4. The molecule has 0 saturated heterocycles. The molecule has 0 unspecified atom stereocenters. The van der Waals surface area contributed by atoms with E-state index in [1.54, 1.807) is 30.9 Å². The highest BCUT2D eigenvalue weighted by molar-refractivity contribution is 8.00. The molecular formula is C14H13ClF3N3OS. The Morgan fingerprint density at radius 1 is 1.43 bits per heavy atom. The standard InChI is InChI=1S/C14H13ClF3N3OS/c1-8(23-13-19-5-6-21(13)2)12(22)20-11-7-9(14(16,17)18)3-4-10(11)15/h3-8H,1-2H3,(H,20,22)/t8-/m0/s1. The Morgan fingerprint density at radius 3 is 2.70 bits per heavy atom. The van der Waals surface area contributed by atoms with Crippen molar-refractivity contribution in [3.8, 4) is 0 Å². The first-order valence-electron chi connectivity index (χ1n) is 6.50. The van der Waals surface area contributed by atoms with Crippen molar-refractivity contribution in [2.45, 2.75) is 23.5 Å². The van der Waals surface area contributed by atoms with Crippen molar-refractivity contribution in [3.05, 3.63) is 41.2 Å². The molecule has 1 aromatic carbocycles. The van der Waals surface area contributed by atoms with Crippen molar-refractivity contribution in [2.24, 2.45) is 7.05 Å². The fraction of sp³-hybridized carbons (Fsp3) is 0.286. The summed E-state index contributed by atoms with van der Waals surface area (Å²) < 4.78 is 39.9. The molecule has 0 saturated carbocycles. The molecular weight excluding hydrogens is 351 g/mol. The maximum atomic E-state index is 12.7. The Balaban J connectivity index is 2.12. The van der Waals surface area contributed by atoms with Crippen LogP contribution in [-0.4, -0.2) is 20.7 Å². The lowest BCUT2D eigenvalue weighted by Crippen LogP contribution is -2.23. The normalized spacial score (nSPS) is 13.0. The van der Waals surface area contributed by atoms with E-state index in [0.717, 1.165) is 18.2 Å². The first-order valence-corrected chi connectivity index (χ1v) is 7.76. The third-order valence-electron chi connectivity index (χ3n) is 2.98. The van der Waals surface area contributed by atoms with E-state index < -0.39 is 22.9 Å². The van der Waals surface area contributed by atoms with Gasteiger partial charge in [0, 0.05) is 19.4 Å². The molecule has 0 aliphatic rings. The molecule has 1 N–H and O–H groups in total. The van der Waals surface area contributed by atoms with Gasteiger partial charge < -0.3 is 9.88 Å². The minimum atomic E-state index is -4.50. The van der Waals surface area contributed by atoms with Crippen molar-refractivity contribution in [3.63, 3.8) is 0 Å². The zero-order chi connectivity index (χ0) is 17.2. The summed E-state index contributed by atoms with van der Waals surface area (Å²) in [7, 11) is 1.78. The number of carbonyl (C=O) groups excluding carboxylic acids is 1. The summed E-state index contributed by atoms with van der Waals surface area (Å²) in [6.07, 6.45) is -1.18. The van der Waals surface area contributed by atoms with Crippen LogP contribution in [0.5, 0.6) is 0 Å². The molecule has 23 heavy (non-hydrogen) atoms. The highest BCUT2D eigenvalue weighted by Gasteiger charge is 2.31. The predicted molar refractivity (Wildman–Crippen MR) is 83.6 cm³/mol. The fourth-order valence-corrected chi connectivity index (χ4v) is 2.70. The highest BCUT2D eigenvalue weighted by Crippen LogP contribution is 2.34. The molecule has 0 fully saturated rings. The zero-order valence-corrected chi connectivity index (χ0v) is 13.8. The van der Waals surface area contributed by atoms with E-state index in [-0.39, 0.29) is 10.7 Å². The van der Waals surface area contributed by atoms with Crippen LogP contribution >= 0.6 is 23.4 Å². The van der Waals surface area contributed by atoms with Gasteiger partial charge in [0.2, 0.25) is 5.91 Å². The van der Waals surface area contributed by atoms with Gasteiger partial charge in [-0.3, -0.25) is 4.79 Å². The number of thioether (sulfide) groups is 1. The van der Waals surface area contributed by atoms with Gasteiger partial charge in [0.15, 0.2) is 5.16 Å². The Hall–Kier alpha value is -1.67. The SMILES string of the molecule is C[C@H](Sc1nccn1C)C(=O)Nc1cc(C(F)(F)F)ccc1Cl. The summed E-state index contributed by atoms with van der Waals surface area (Å²) in [5.41, 5.74) is -0.944. The van der Waals surface area contributed by atoms with Crippen LogP contribution < -0.4 is 5.32 Å². The van der Waals surface area contributed by atoms with E-state index in [1.165, 1.54) is 11.8 Å². The Bertz CT molecular complexity index is 718. The summed E-state index contributed by atoms with van der Waals surface area (Å²) in [5, 5.41) is 2.54. The lowest BCUT2D eigenvalue weighted by molar-refractivity contribution is -0.137. The minimum absolute atomic E-state index is 0.0422. The summed E-state index contributed by atoms with van der Waals surface area (Å²) in [6.45, 7) is 1.64. The first-order chi connectivity index (χ1) is 10.7. The highest BCUT2D eigenvalue weighted by atomic mass is 35.5. The van der Waals surface area contributed by atoms with Gasteiger partial charge >= 0.3 is 6.18 Å². The van der Waals surface area contributed by atoms with Crippen LogP contribution in [0.2, 0.25) is 5.02 Å². The number of hydrogen-bond acceptors (Lipinski definition) is 3. The van der Waals surface area contributed by atoms with E-state index in [0.29, 0.717) is 5.16 Å². The molecule has 1 aromatic heterocycles. The van der Waals surface area contributed by atoms with E-state index in [2.05, 4.69) is 10.3 Å². The van der Waals surface area contributed by atoms with Gasteiger partial charge in [0.1, 0.15) is 0 Å². The van der Waals surface area contributed by atoms with Gasteiger partial charge in [-0.15, -0.1) is 0 Å². The number of rotatable bonds is 4. The van der Waals surface area contributed by atoms with Gasteiger partial charge in [0.05, 0.1) is 21.5 Å². The van der Waals surface area contributed by atoms with Crippen molar-refractivity contribution in [1.29, 1.82) is 0 Å². The molecule has 0 aliphatic heterocycles. The molecule has 0 spiro atoms. The number of benzene rings is 1. The Morgan fingerprint density at radius 2 is 2.13 bits per heavy atom. The zero-order valence-electron chi connectivity index (χ0n) is 12.2. The molecule has 4 nitrogen and oxygen atoms in total. The number of aromatic nitrogens is 2. The Labute approximate surface area is 140 Å². The number of aryl methyl sites for hydroxylation is 1. The molecule has 9 heteroatoms. The lowest BCUT2D eigenvalue weighted by Gasteiger charge is -2.14. The number of amides is 1. The topological polar surface area (TPSA) is 46.9 Å². The summed E-state index contributed by atoms with van der Waals surface area (Å²) in [5.74, 6) is -0.459. The summed E-state index contributed by atoms with van der Waals surface area (Å²) in [4.78, 5) is 16.2. The molecule has 1 heterocycles. The molecule has 0 radical (unpaired) electrons. The molecule has 1 atom stereocenters. The van der Waals surface area contributed by atoms with E-state index in [4.69, 9.17) is 11.6 Å². The van der Waals surface area contributed by atoms with E-state index in [9.17, 15) is 18.0 Å². The number of anilines is 1. The average Bonchev–Trinajstić information content (AvgIpc) is 2.85. The second-order valence-electron chi connectivity index (χ2n) is 4.76. The number of nitrogens with zero attached hydrogens (tertiary/aromatic N) is 2. The van der Waals surface area contributed by atoms with E-state index in [1.807, 2.05) is 0 Å². The van der Waals surface area contributed by atoms with Gasteiger partial charge in [-0.2, -0.15) is 13.2 Å². The largest absolute Gasteiger partial charge is 0.416 e. The second kappa shape index (κ2) is 6.84. The van der Waals surface area contributed by atoms with Crippen LogP contribution in [0.15, 0.2) is 35.7 Å². The Kier molecular flexibility index (Phi) is 5.26. The quantitative estimate of drug-likeness (QED) is 0.828. The van der Waals surface area contributed by atoms with Gasteiger partial charge in [-0.1, -0.05) is 23.4 Å². The smallest absolute Gasteiger partial charge is 0.329 e. The van der Waals surface area contributed by atoms with Crippen LogP contribution in [0.25, 0.3) is 0 Å². The second-order valence-corrected chi connectivity index (χ2v) is 6.48. The molecule has 0 aliphatic carbocycles. The van der Waals surface area contributed by atoms with Crippen molar-refractivity contribution in [2.75, 3.05) is 5.32 Å². The van der Waals surface area contributed by atoms with Crippen LogP contribution in [-0.2, 0) is 18.0 Å². The van der Waals surface area contributed by atoms with Crippen LogP contribution in [0.4, 0.5) is 18.9 Å². The molecule has 2 aromatic rings. The maximum absolute atomic E-state index is 12.7. The minimum Gasteiger partial charge on any atom is -0.329 e. The molecule has 2 rings (SSSR count). The van der Waals surface area contributed by atoms with Crippen LogP contribution in [0.1, 0.15) is 12.5 Å². The molecule has 0 bridgehead atoms. The molecule has 124 valence electrons. The monoisotopic (exact) mass is 363 g/mol. The van der Waals surface area contributed by atoms with Crippen molar-refractivity contribution >= 4 is 35.0 Å². The van der Waals surface area contributed by atoms with E-state index >= 15 is 0 Å². The number of carbonyl (C=O) groups is 1. The summed E-state index contributed by atoms with van der Waals surface area (Å²) in [6, 6.07) is 2.79. The van der Waals surface area contributed by atoms with Gasteiger partial charge in [0.25, 0.3) is 0 Å². The van der Waals surface area contributed by atoms with Crippen LogP contribution in [0.3, 0.4) is 0 Å².